The van der Waals surface area contributed by atoms with Crippen LogP contribution in [0.4, 0.5) is 5.95 Å². The summed E-state index contributed by atoms with van der Waals surface area (Å²) >= 11 is 0. The van der Waals surface area contributed by atoms with Crippen LogP contribution in [-0.2, 0) is 9.84 Å². The van der Waals surface area contributed by atoms with E-state index in [0.717, 1.165) is 0 Å². The van der Waals surface area contributed by atoms with E-state index in [1.807, 2.05) is 0 Å². The summed E-state index contributed by atoms with van der Waals surface area (Å²) in [5.74, 6) is 0.262. The molecule has 0 saturated heterocycles. The van der Waals surface area contributed by atoms with E-state index in [1.54, 1.807) is 31.2 Å². The second-order valence-corrected chi connectivity index (χ2v) is 5.72. The summed E-state index contributed by atoms with van der Waals surface area (Å²) in [6.07, 6.45) is 1.47. The summed E-state index contributed by atoms with van der Waals surface area (Å²) in [6, 6.07) is 6.42. The molecule has 0 saturated carbocycles. The zero-order valence-corrected chi connectivity index (χ0v) is 10.1. The van der Waals surface area contributed by atoms with Gasteiger partial charge in [-0.1, -0.05) is 6.92 Å². The van der Waals surface area contributed by atoms with E-state index in [1.165, 1.54) is 11.0 Å². The SMILES string of the molecule is CCS(=O)(=O)c1ccc(-n2cnc(N)n2)cc1. The first-order chi connectivity index (χ1) is 8.03. The topological polar surface area (TPSA) is 90.9 Å². The average Bonchev–Trinajstić information content (AvgIpc) is 2.76. The van der Waals surface area contributed by atoms with Gasteiger partial charge < -0.3 is 5.73 Å². The Morgan fingerprint density at radius 2 is 1.94 bits per heavy atom. The van der Waals surface area contributed by atoms with Crippen LogP contribution < -0.4 is 5.73 Å². The Morgan fingerprint density at radius 1 is 1.29 bits per heavy atom. The molecule has 2 N–H and O–H groups in total. The third kappa shape index (κ3) is 2.28. The highest BCUT2D eigenvalue weighted by Crippen LogP contribution is 2.14. The molecule has 1 aromatic heterocycles. The number of nitrogen functional groups attached to an aromatic ring is 1. The maximum atomic E-state index is 11.6. The van der Waals surface area contributed by atoms with Gasteiger partial charge in [0.2, 0.25) is 5.95 Å². The normalized spacial score (nSPS) is 11.6. The van der Waals surface area contributed by atoms with Crippen LogP contribution in [0.2, 0.25) is 0 Å². The van der Waals surface area contributed by atoms with E-state index < -0.39 is 9.84 Å². The van der Waals surface area contributed by atoms with Gasteiger partial charge in [0.15, 0.2) is 9.84 Å². The van der Waals surface area contributed by atoms with Gasteiger partial charge in [0.05, 0.1) is 16.3 Å². The van der Waals surface area contributed by atoms with Crippen LogP contribution in [0.1, 0.15) is 6.92 Å². The molecule has 0 radical (unpaired) electrons. The molecule has 1 heterocycles. The number of hydrogen-bond acceptors (Lipinski definition) is 5. The van der Waals surface area contributed by atoms with Crippen molar-refractivity contribution < 1.29 is 8.42 Å². The molecule has 0 bridgehead atoms. The number of hydrogen-bond donors (Lipinski definition) is 1. The van der Waals surface area contributed by atoms with Gasteiger partial charge in [0.25, 0.3) is 0 Å². The molecule has 7 heteroatoms. The van der Waals surface area contributed by atoms with Crippen molar-refractivity contribution in [3.8, 4) is 5.69 Å². The highest BCUT2D eigenvalue weighted by Gasteiger charge is 2.11. The van der Waals surface area contributed by atoms with Crippen LogP contribution in [0.5, 0.6) is 0 Å². The van der Waals surface area contributed by atoms with Gasteiger partial charge in [-0.05, 0) is 24.3 Å². The molecule has 6 nitrogen and oxygen atoms in total. The monoisotopic (exact) mass is 252 g/mol. The molecular weight excluding hydrogens is 240 g/mol. The van der Waals surface area contributed by atoms with Crippen molar-refractivity contribution in [2.45, 2.75) is 11.8 Å². The molecule has 0 fully saturated rings. The van der Waals surface area contributed by atoms with E-state index >= 15 is 0 Å². The number of anilines is 1. The van der Waals surface area contributed by atoms with Crippen molar-refractivity contribution in [1.82, 2.24) is 14.8 Å². The zero-order valence-electron chi connectivity index (χ0n) is 9.24. The molecule has 0 aliphatic rings. The maximum Gasteiger partial charge on any atom is 0.239 e. The molecule has 90 valence electrons. The lowest BCUT2D eigenvalue weighted by atomic mass is 10.3. The van der Waals surface area contributed by atoms with Crippen LogP contribution in [0.15, 0.2) is 35.5 Å². The average molecular weight is 252 g/mol. The number of benzene rings is 1. The van der Waals surface area contributed by atoms with Gasteiger partial charge in [0.1, 0.15) is 6.33 Å². The smallest absolute Gasteiger partial charge is 0.239 e. The van der Waals surface area contributed by atoms with Gasteiger partial charge in [0, 0.05) is 0 Å². The fourth-order valence-electron chi connectivity index (χ4n) is 1.37. The van der Waals surface area contributed by atoms with Crippen molar-refractivity contribution in [2.24, 2.45) is 0 Å². The molecule has 2 rings (SSSR count). The largest absolute Gasteiger partial charge is 0.366 e. The molecular formula is C10H12N4O2S. The first kappa shape index (κ1) is 11.6. The van der Waals surface area contributed by atoms with Crippen molar-refractivity contribution in [2.75, 3.05) is 11.5 Å². The molecule has 0 unspecified atom stereocenters. The van der Waals surface area contributed by atoms with E-state index in [9.17, 15) is 8.42 Å². The number of sulfone groups is 1. The predicted molar refractivity (Wildman–Crippen MR) is 63.5 cm³/mol. The van der Waals surface area contributed by atoms with Crippen molar-refractivity contribution in [3.05, 3.63) is 30.6 Å². The van der Waals surface area contributed by atoms with E-state index in [-0.39, 0.29) is 11.7 Å². The first-order valence-corrected chi connectivity index (χ1v) is 6.68. The second kappa shape index (κ2) is 4.17. The fraction of sp³-hybridized carbons (Fsp3) is 0.200. The van der Waals surface area contributed by atoms with Gasteiger partial charge in [-0.2, -0.15) is 0 Å². The Kier molecular flexibility index (Phi) is 2.84. The third-order valence-corrected chi connectivity index (χ3v) is 4.10. The fourth-order valence-corrected chi connectivity index (χ4v) is 2.26. The Hall–Kier alpha value is -1.89. The van der Waals surface area contributed by atoms with Crippen LogP contribution in [0.25, 0.3) is 5.69 Å². The first-order valence-electron chi connectivity index (χ1n) is 5.03. The zero-order chi connectivity index (χ0) is 12.5. The second-order valence-electron chi connectivity index (χ2n) is 3.44. The summed E-state index contributed by atoms with van der Waals surface area (Å²) in [6.45, 7) is 1.61. The van der Waals surface area contributed by atoms with Gasteiger partial charge >= 0.3 is 0 Å². The minimum atomic E-state index is -3.16. The molecule has 0 amide bonds. The van der Waals surface area contributed by atoms with Crippen molar-refractivity contribution in [3.63, 3.8) is 0 Å². The Morgan fingerprint density at radius 3 is 2.41 bits per heavy atom. The molecule has 0 aliphatic heterocycles. The van der Waals surface area contributed by atoms with E-state index in [4.69, 9.17) is 5.73 Å². The molecule has 0 spiro atoms. The highest BCUT2D eigenvalue weighted by atomic mass is 32.2. The standard InChI is InChI=1S/C10H12N4O2S/c1-2-17(15,16)9-5-3-8(4-6-9)14-7-12-10(11)13-14/h3-7H,2H2,1H3,(H2,11,13). The van der Waals surface area contributed by atoms with E-state index in [0.29, 0.717) is 10.6 Å². The van der Waals surface area contributed by atoms with Gasteiger partial charge in [-0.15, -0.1) is 5.10 Å². The lowest BCUT2D eigenvalue weighted by Gasteiger charge is -2.03. The number of nitrogens with zero attached hydrogens (tertiary/aromatic N) is 3. The Balaban J connectivity index is 2.37. The molecule has 17 heavy (non-hydrogen) atoms. The quantitative estimate of drug-likeness (QED) is 0.865. The Labute approximate surface area is 99.0 Å². The van der Waals surface area contributed by atoms with Crippen LogP contribution >= 0.6 is 0 Å². The number of rotatable bonds is 3. The summed E-state index contributed by atoms with van der Waals surface area (Å²) in [7, 11) is -3.16. The van der Waals surface area contributed by atoms with Crippen LogP contribution in [0, 0.1) is 0 Å². The third-order valence-electron chi connectivity index (χ3n) is 2.35. The van der Waals surface area contributed by atoms with Crippen molar-refractivity contribution >= 4 is 15.8 Å². The van der Waals surface area contributed by atoms with Crippen molar-refractivity contribution in [1.29, 1.82) is 0 Å². The van der Waals surface area contributed by atoms with Gasteiger partial charge in [-0.25, -0.2) is 18.1 Å². The highest BCUT2D eigenvalue weighted by molar-refractivity contribution is 7.91. The lowest BCUT2D eigenvalue weighted by molar-refractivity contribution is 0.597. The summed E-state index contributed by atoms with van der Waals surface area (Å²) in [4.78, 5) is 4.09. The summed E-state index contributed by atoms with van der Waals surface area (Å²) < 4.78 is 24.7. The minimum absolute atomic E-state index is 0.0859. The molecule has 0 atom stereocenters. The number of nitrogens with two attached hydrogens (primary N) is 1. The molecule has 2 aromatic rings. The minimum Gasteiger partial charge on any atom is -0.366 e. The molecule has 1 aromatic carbocycles. The Bertz CT molecular complexity index is 616. The molecule has 0 aliphatic carbocycles. The maximum absolute atomic E-state index is 11.6. The van der Waals surface area contributed by atoms with Crippen LogP contribution in [0.3, 0.4) is 0 Å². The summed E-state index contributed by atoms with van der Waals surface area (Å²) in [5.41, 5.74) is 6.11. The number of aromatic nitrogens is 3. The van der Waals surface area contributed by atoms with E-state index in [2.05, 4.69) is 10.1 Å². The predicted octanol–water partition coefficient (Wildman–Crippen LogP) is 0.643. The summed E-state index contributed by atoms with van der Waals surface area (Å²) in [5, 5.41) is 3.93. The lowest BCUT2D eigenvalue weighted by Crippen LogP contribution is -2.04. The van der Waals surface area contributed by atoms with Gasteiger partial charge in [-0.3, -0.25) is 0 Å². The van der Waals surface area contributed by atoms with Crippen LogP contribution in [-0.4, -0.2) is 28.9 Å².